The molecule has 0 N–H and O–H groups in total. The van der Waals surface area contributed by atoms with Crippen LogP contribution in [0.4, 0.5) is 26.3 Å². The van der Waals surface area contributed by atoms with Gasteiger partial charge in [-0.1, -0.05) is 72.8 Å². The van der Waals surface area contributed by atoms with Crippen LogP contribution in [0.1, 0.15) is 22.3 Å². The first-order chi connectivity index (χ1) is 17.9. The minimum absolute atomic E-state index is 0.363. The van der Waals surface area contributed by atoms with Gasteiger partial charge in [-0.3, -0.25) is 9.59 Å². The Bertz CT molecular complexity index is 1370. The molecule has 4 bridgehead atoms. The summed E-state index contributed by atoms with van der Waals surface area (Å²) >= 11 is 0. The summed E-state index contributed by atoms with van der Waals surface area (Å²) in [4.78, 5) is 26.5. The van der Waals surface area contributed by atoms with Crippen LogP contribution in [0, 0.1) is 0 Å². The van der Waals surface area contributed by atoms with E-state index in [0.29, 0.717) is 43.8 Å². The first kappa shape index (κ1) is 25.6. The Hall–Kier alpha value is -4.08. The molecule has 4 aromatic rings. The summed E-state index contributed by atoms with van der Waals surface area (Å²) < 4.78 is 81.7. The van der Waals surface area contributed by atoms with Crippen molar-refractivity contribution >= 4 is 33.4 Å². The smallest absolute Gasteiger partial charge is 0.326 e. The molecule has 4 nitrogen and oxygen atoms in total. The van der Waals surface area contributed by atoms with Gasteiger partial charge in [0.2, 0.25) is 0 Å². The third kappa shape index (κ3) is 4.78. The summed E-state index contributed by atoms with van der Waals surface area (Å²) in [5, 5.41) is 1.97. The summed E-state index contributed by atoms with van der Waals surface area (Å²) in [7, 11) is 0. The SMILES string of the molecule is O=C(N1Cc2ccc(cc2)CN(C(=O)C(F)(F)F)Cc2c3ccccc3c(c3ccccc23)C1)C(F)(F)F. The largest absolute Gasteiger partial charge is 0.471 e. The lowest BCUT2D eigenvalue weighted by atomic mass is 9.90. The lowest BCUT2D eigenvalue weighted by Crippen LogP contribution is -2.41. The normalized spacial score (nSPS) is 14.8. The lowest BCUT2D eigenvalue weighted by Gasteiger charge is -2.29. The van der Waals surface area contributed by atoms with E-state index in [4.69, 9.17) is 0 Å². The van der Waals surface area contributed by atoms with Crippen molar-refractivity contribution in [3.05, 3.63) is 95.1 Å². The maximum Gasteiger partial charge on any atom is 0.471 e. The molecule has 196 valence electrons. The van der Waals surface area contributed by atoms with Gasteiger partial charge in [0.1, 0.15) is 0 Å². The van der Waals surface area contributed by atoms with E-state index >= 15 is 0 Å². The zero-order valence-corrected chi connectivity index (χ0v) is 19.7. The van der Waals surface area contributed by atoms with Crippen molar-refractivity contribution < 1.29 is 35.9 Å². The maximum atomic E-state index is 13.6. The number of halogens is 6. The molecule has 0 spiro atoms. The predicted octanol–water partition coefficient (Wildman–Crippen LogP) is 6.49. The van der Waals surface area contributed by atoms with Crippen molar-refractivity contribution in [2.45, 2.75) is 38.5 Å². The minimum atomic E-state index is -5.10. The van der Waals surface area contributed by atoms with Crippen LogP contribution in [0.3, 0.4) is 0 Å². The van der Waals surface area contributed by atoms with Crippen LogP contribution in [-0.2, 0) is 35.8 Å². The highest BCUT2D eigenvalue weighted by Crippen LogP contribution is 2.36. The zero-order chi connectivity index (χ0) is 27.2. The predicted molar refractivity (Wildman–Crippen MR) is 129 cm³/mol. The maximum absolute atomic E-state index is 13.6. The van der Waals surface area contributed by atoms with Crippen LogP contribution in [0.5, 0.6) is 0 Å². The van der Waals surface area contributed by atoms with E-state index in [1.165, 1.54) is 24.3 Å². The van der Waals surface area contributed by atoms with Crippen molar-refractivity contribution in [1.29, 1.82) is 0 Å². The van der Waals surface area contributed by atoms with Gasteiger partial charge in [0.25, 0.3) is 0 Å². The third-order valence-electron chi connectivity index (χ3n) is 6.68. The molecule has 38 heavy (non-hydrogen) atoms. The van der Waals surface area contributed by atoms with Crippen molar-refractivity contribution in [2.24, 2.45) is 0 Å². The zero-order valence-electron chi connectivity index (χ0n) is 19.7. The van der Waals surface area contributed by atoms with E-state index in [0.717, 1.165) is 9.80 Å². The van der Waals surface area contributed by atoms with E-state index in [2.05, 4.69) is 0 Å². The van der Waals surface area contributed by atoms with Gasteiger partial charge in [-0.05, 0) is 43.8 Å². The van der Waals surface area contributed by atoms with E-state index < -0.39 is 24.2 Å². The molecule has 0 saturated carbocycles. The summed E-state index contributed by atoms with van der Waals surface area (Å²) in [6, 6.07) is 19.1. The van der Waals surface area contributed by atoms with Crippen LogP contribution in [-0.4, -0.2) is 34.0 Å². The van der Waals surface area contributed by atoms with Gasteiger partial charge < -0.3 is 9.80 Å². The average molecular weight is 530 g/mol. The van der Waals surface area contributed by atoms with Gasteiger partial charge in [-0.15, -0.1) is 0 Å². The summed E-state index contributed by atoms with van der Waals surface area (Å²) in [6.07, 6.45) is -10.2. The van der Waals surface area contributed by atoms with Crippen LogP contribution in [0.2, 0.25) is 0 Å². The molecule has 4 aliphatic heterocycles. The number of alkyl halides is 6. The lowest BCUT2D eigenvalue weighted by molar-refractivity contribution is -0.186. The quantitative estimate of drug-likeness (QED) is 0.193. The molecular weight excluding hydrogens is 510 g/mol. The van der Waals surface area contributed by atoms with Crippen LogP contribution in [0.15, 0.2) is 72.8 Å². The van der Waals surface area contributed by atoms with Gasteiger partial charge in [-0.25, -0.2) is 0 Å². The standard InChI is InChI=1S/C28H20F6N2O2/c29-27(30,31)25(37)35-13-17-9-11-18(12-10-17)14-36(26(38)28(32,33)34)16-24-20-6-2-1-5-19(20)23(15-35)21-7-3-4-8-22(21)24/h1-12H,13-16H2. The van der Waals surface area contributed by atoms with Crippen LogP contribution >= 0.6 is 0 Å². The van der Waals surface area contributed by atoms with Crippen molar-refractivity contribution in [2.75, 3.05) is 0 Å². The van der Waals surface area contributed by atoms with Crippen molar-refractivity contribution in [3.63, 3.8) is 0 Å². The molecule has 0 saturated heterocycles. The number of rotatable bonds is 0. The summed E-state index contributed by atoms with van der Waals surface area (Å²) in [6.45, 7) is -1.50. The Morgan fingerprint density at radius 3 is 1.05 bits per heavy atom. The van der Waals surface area contributed by atoms with Gasteiger partial charge in [0.15, 0.2) is 0 Å². The Labute approximate surface area is 213 Å². The van der Waals surface area contributed by atoms with E-state index in [-0.39, 0.29) is 26.2 Å². The first-order valence-corrected chi connectivity index (χ1v) is 11.6. The molecule has 4 heterocycles. The fraction of sp³-hybridized carbons (Fsp3) is 0.214. The second-order valence-electron chi connectivity index (χ2n) is 9.18. The molecule has 4 aliphatic rings. The van der Waals surface area contributed by atoms with Gasteiger partial charge in [0.05, 0.1) is 0 Å². The van der Waals surface area contributed by atoms with Gasteiger partial charge in [0, 0.05) is 26.2 Å². The fourth-order valence-electron chi connectivity index (χ4n) is 4.98. The van der Waals surface area contributed by atoms with E-state index in [1.54, 1.807) is 48.5 Å². The van der Waals surface area contributed by atoms with E-state index in [1.807, 2.05) is 0 Å². The molecule has 0 fully saturated rings. The van der Waals surface area contributed by atoms with Crippen LogP contribution in [0.25, 0.3) is 21.5 Å². The van der Waals surface area contributed by atoms with Crippen molar-refractivity contribution in [3.8, 4) is 0 Å². The molecule has 0 radical (unpaired) electrons. The number of amides is 2. The first-order valence-electron chi connectivity index (χ1n) is 11.6. The second kappa shape index (κ2) is 9.34. The third-order valence-corrected chi connectivity index (χ3v) is 6.68. The molecular formula is C28H20F6N2O2. The minimum Gasteiger partial charge on any atom is -0.326 e. The topological polar surface area (TPSA) is 40.6 Å². The highest BCUT2D eigenvalue weighted by Gasteiger charge is 2.44. The van der Waals surface area contributed by atoms with Gasteiger partial charge in [-0.2, -0.15) is 26.3 Å². The number of nitrogens with zero attached hydrogens (tertiary/aromatic N) is 2. The Balaban J connectivity index is 1.80. The molecule has 10 heteroatoms. The molecule has 0 unspecified atom stereocenters. The highest BCUT2D eigenvalue weighted by molar-refractivity contribution is 6.06. The Kier molecular flexibility index (Phi) is 6.28. The summed E-state index contributed by atoms with van der Waals surface area (Å²) in [5.74, 6) is -3.99. The number of carbonyl (C=O) groups excluding carboxylic acids is 2. The van der Waals surface area contributed by atoms with Crippen molar-refractivity contribution in [1.82, 2.24) is 9.80 Å². The number of carbonyl (C=O) groups is 2. The van der Waals surface area contributed by atoms with Crippen LogP contribution < -0.4 is 0 Å². The second-order valence-corrected chi connectivity index (χ2v) is 9.18. The molecule has 0 atom stereocenters. The molecule has 4 aromatic carbocycles. The molecule has 0 aliphatic carbocycles. The number of hydrogen-bond donors (Lipinski definition) is 0. The van der Waals surface area contributed by atoms with E-state index in [9.17, 15) is 35.9 Å². The van der Waals surface area contributed by atoms with Gasteiger partial charge >= 0.3 is 24.2 Å². The summed E-state index contributed by atoms with van der Waals surface area (Å²) in [5.41, 5.74) is 1.59. The highest BCUT2D eigenvalue weighted by atomic mass is 19.4. The fourth-order valence-corrected chi connectivity index (χ4v) is 4.98. The average Bonchev–Trinajstić information content (AvgIpc) is 2.88. The number of benzene rings is 4. The molecule has 2 amide bonds. The molecule has 8 rings (SSSR count). The number of hydrogen-bond acceptors (Lipinski definition) is 2. The Morgan fingerprint density at radius 2 is 0.789 bits per heavy atom. The monoisotopic (exact) mass is 530 g/mol. The molecule has 0 aromatic heterocycles. The Morgan fingerprint density at radius 1 is 0.500 bits per heavy atom.